The number of likely N-dealkylation sites (N-methyl/N-ethyl adjacent to an activating group) is 1. The zero-order valence-electron chi connectivity index (χ0n) is 16.2. The SMILES string of the molecule is Cc1c(Cl)cccc1NC(=O)C(=O)NCC(c1ccc2c(c1)CCO2)N(C)C. The minimum absolute atomic E-state index is 0.0597. The lowest BCUT2D eigenvalue weighted by molar-refractivity contribution is -0.136. The molecule has 7 heteroatoms. The second-order valence-corrected chi connectivity index (χ2v) is 7.43. The molecule has 1 heterocycles. The molecule has 3 rings (SSSR count). The van der Waals surface area contributed by atoms with Crippen LogP contribution in [0.2, 0.25) is 5.02 Å². The number of benzene rings is 2. The van der Waals surface area contributed by atoms with Crippen LogP contribution in [0.3, 0.4) is 0 Å². The predicted octanol–water partition coefficient (Wildman–Crippen LogP) is 2.94. The van der Waals surface area contributed by atoms with Crippen molar-refractivity contribution in [1.29, 1.82) is 0 Å². The summed E-state index contributed by atoms with van der Waals surface area (Å²) < 4.78 is 5.55. The van der Waals surface area contributed by atoms with Crippen LogP contribution < -0.4 is 15.4 Å². The summed E-state index contributed by atoms with van der Waals surface area (Å²) in [5.74, 6) is -0.484. The Labute approximate surface area is 169 Å². The summed E-state index contributed by atoms with van der Waals surface area (Å²) in [5.41, 5.74) is 3.48. The van der Waals surface area contributed by atoms with Crippen LogP contribution in [0.4, 0.5) is 5.69 Å². The van der Waals surface area contributed by atoms with Gasteiger partial charge in [0.2, 0.25) is 0 Å². The molecule has 0 spiro atoms. The summed E-state index contributed by atoms with van der Waals surface area (Å²) in [6.45, 7) is 2.80. The van der Waals surface area contributed by atoms with Gasteiger partial charge in [-0.25, -0.2) is 0 Å². The second kappa shape index (κ2) is 8.63. The van der Waals surface area contributed by atoms with Gasteiger partial charge < -0.3 is 20.3 Å². The van der Waals surface area contributed by atoms with E-state index in [1.54, 1.807) is 25.1 Å². The normalized spacial score (nSPS) is 13.6. The molecule has 1 atom stereocenters. The molecule has 28 heavy (non-hydrogen) atoms. The molecule has 0 aliphatic carbocycles. The third-order valence-electron chi connectivity index (χ3n) is 4.90. The van der Waals surface area contributed by atoms with E-state index in [2.05, 4.69) is 16.7 Å². The van der Waals surface area contributed by atoms with Crippen LogP contribution in [0.25, 0.3) is 0 Å². The molecule has 0 saturated carbocycles. The van der Waals surface area contributed by atoms with E-state index in [0.717, 1.165) is 23.3 Å². The highest BCUT2D eigenvalue weighted by molar-refractivity contribution is 6.40. The van der Waals surface area contributed by atoms with E-state index in [0.29, 0.717) is 23.9 Å². The van der Waals surface area contributed by atoms with E-state index in [-0.39, 0.29) is 6.04 Å². The summed E-state index contributed by atoms with van der Waals surface area (Å²) in [7, 11) is 3.88. The van der Waals surface area contributed by atoms with Gasteiger partial charge in [-0.1, -0.05) is 29.8 Å². The molecule has 2 aromatic rings. The summed E-state index contributed by atoms with van der Waals surface area (Å²) >= 11 is 6.06. The first-order valence-corrected chi connectivity index (χ1v) is 9.51. The van der Waals surface area contributed by atoms with Crippen molar-refractivity contribution in [2.24, 2.45) is 0 Å². The first-order valence-electron chi connectivity index (χ1n) is 9.13. The zero-order valence-corrected chi connectivity index (χ0v) is 17.0. The van der Waals surface area contributed by atoms with Gasteiger partial charge in [0.15, 0.2) is 0 Å². The lowest BCUT2D eigenvalue weighted by Gasteiger charge is -2.25. The molecular weight excluding hydrogens is 378 g/mol. The summed E-state index contributed by atoms with van der Waals surface area (Å²) in [6, 6.07) is 11.2. The van der Waals surface area contributed by atoms with Gasteiger partial charge in [0.25, 0.3) is 0 Å². The maximum Gasteiger partial charge on any atom is 0.313 e. The number of carbonyl (C=O) groups is 2. The Morgan fingerprint density at radius 1 is 1.21 bits per heavy atom. The average Bonchev–Trinajstić information content (AvgIpc) is 3.13. The Balaban J connectivity index is 1.64. The minimum atomic E-state index is -0.717. The molecule has 0 saturated heterocycles. The third kappa shape index (κ3) is 4.46. The first kappa shape index (κ1) is 20.2. The topological polar surface area (TPSA) is 70.7 Å². The number of hydrogen-bond acceptors (Lipinski definition) is 4. The standard InChI is InChI=1S/C21H24ClN3O3/c1-13-16(22)5-4-6-17(13)24-21(27)20(26)23-12-18(25(2)3)14-7-8-19-15(11-14)9-10-28-19/h4-8,11,18H,9-10,12H2,1-3H3,(H,23,26)(H,24,27). The molecule has 148 valence electrons. The van der Waals surface area contributed by atoms with Crippen LogP contribution in [0.15, 0.2) is 36.4 Å². The van der Waals surface area contributed by atoms with Gasteiger partial charge in [-0.2, -0.15) is 0 Å². The van der Waals surface area contributed by atoms with Crippen molar-refractivity contribution in [1.82, 2.24) is 10.2 Å². The molecule has 1 aliphatic heterocycles. The maximum absolute atomic E-state index is 12.3. The molecule has 1 aliphatic rings. The lowest BCUT2D eigenvalue weighted by Crippen LogP contribution is -2.40. The first-order chi connectivity index (χ1) is 13.4. The van der Waals surface area contributed by atoms with E-state index < -0.39 is 11.8 Å². The van der Waals surface area contributed by atoms with Crippen LogP contribution in [0.1, 0.15) is 22.7 Å². The molecule has 0 bridgehead atoms. The number of nitrogens with zero attached hydrogens (tertiary/aromatic N) is 1. The van der Waals surface area contributed by atoms with Gasteiger partial charge in [0.05, 0.1) is 12.6 Å². The molecule has 1 unspecified atom stereocenters. The van der Waals surface area contributed by atoms with Crippen molar-refractivity contribution in [3.63, 3.8) is 0 Å². The van der Waals surface area contributed by atoms with Crippen LogP contribution in [-0.4, -0.2) is 44.0 Å². The van der Waals surface area contributed by atoms with Gasteiger partial charge >= 0.3 is 11.8 Å². The Hall–Kier alpha value is -2.57. The fraction of sp³-hybridized carbons (Fsp3) is 0.333. The van der Waals surface area contributed by atoms with Gasteiger partial charge in [-0.15, -0.1) is 0 Å². The van der Waals surface area contributed by atoms with Crippen molar-refractivity contribution in [3.05, 3.63) is 58.1 Å². The minimum Gasteiger partial charge on any atom is -0.493 e. The number of carbonyl (C=O) groups excluding carboxylic acids is 2. The molecule has 2 amide bonds. The van der Waals surface area contributed by atoms with E-state index in [4.69, 9.17) is 16.3 Å². The van der Waals surface area contributed by atoms with Crippen molar-refractivity contribution in [2.75, 3.05) is 32.6 Å². The van der Waals surface area contributed by atoms with Gasteiger partial charge in [-0.3, -0.25) is 9.59 Å². The van der Waals surface area contributed by atoms with Gasteiger partial charge in [-0.05, 0) is 55.9 Å². The Morgan fingerprint density at radius 2 is 2.00 bits per heavy atom. The fourth-order valence-electron chi connectivity index (χ4n) is 3.20. The Morgan fingerprint density at radius 3 is 2.75 bits per heavy atom. The predicted molar refractivity (Wildman–Crippen MR) is 110 cm³/mol. The number of anilines is 1. The largest absolute Gasteiger partial charge is 0.493 e. The number of nitrogens with one attached hydrogen (secondary N) is 2. The van der Waals surface area contributed by atoms with E-state index in [1.165, 1.54) is 5.56 Å². The van der Waals surface area contributed by atoms with Crippen molar-refractivity contribution in [3.8, 4) is 5.75 Å². The third-order valence-corrected chi connectivity index (χ3v) is 5.31. The molecule has 6 nitrogen and oxygen atoms in total. The number of amides is 2. The number of halogens is 1. The quantitative estimate of drug-likeness (QED) is 0.756. The summed E-state index contributed by atoms with van der Waals surface area (Å²) in [5, 5.41) is 5.87. The number of rotatable bonds is 5. The fourth-order valence-corrected chi connectivity index (χ4v) is 3.38. The highest BCUT2D eigenvalue weighted by Gasteiger charge is 2.21. The summed E-state index contributed by atoms with van der Waals surface area (Å²) in [6.07, 6.45) is 0.886. The number of fused-ring (bicyclic) bond motifs is 1. The maximum atomic E-state index is 12.3. The van der Waals surface area contributed by atoms with Crippen LogP contribution in [-0.2, 0) is 16.0 Å². The van der Waals surface area contributed by atoms with Crippen LogP contribution >= 0.6 is 11.6 Å². The molecule has 0 aromatic heterocycles. The Bertz CT molecular complexity index is 898. The number of ether oxygens (including phenoxy) is 1. The second-order valence-electron chi connectivity index (χ2n) is 7.02. The van der Waals surface area contributed by atoms with Crippen LogP contribution in [0, 0.1) is 6.92 Å². The highest BCUT2D eigenvalue weighted by Crippen LogP contribution is 2.29. The van der Waals surface area contributed by atoms with Crippen molar-refractivity contribution in [2.45, 2.75) is 19.4 Å². The lowest BCUT2D eigenvalue weighted by atomic mass is 10.0. The van der Waals surface area contributed by atoms with E-state index >= 15 is 0 Å². The smallest absolute Gasteiger partial charge is 0.313 e. The number of hydrogen-bond donors (Lipinski definition) is 2. The van der Waals surface area contributed by atoms with Gasteiger partial charge in [0.1, 0.15) is 5.75 Å². The van der Waals surface area contributed by atoms with Crippen molar-refractivity contribution >= 4 is 29.1 Å². The van der Waals surface area contributed by atoms with E-state index in [9.17, 15) is 9.59 Å². The zero-order chi connectivity index (χ0) is 20.3. The summed E-state index contributed by atoms with van der Waals surface area (Å²) in [4.78, 5) is 26.6. The monoisotopic (exact) mass is 401 g/mol. The highest BCUT2D eigenvalue weighted by atomic mass is 35.5. The van der Waals surface area contributed by atoms with Gasteiger partial charge in [0, 0.05) is 23.7 Å². The van der Waals surface area contributed by atoms with E-state index in [1.807, 2.05) is 31.1 Å². The van der Waals surface area contributed by atoms with Crippen molar-refractivity contribution < 1.29 is 14.3 Å². The average molecular weight is 402 g/mol. The molecule has 2 aromatic carbocycles. The Kier molecular flexibility index (Phi) is 6.21. The molecule has 2 N–H and O–H groups in total. The molecular formula is C21H24ClN3O3. The molecule has 0 radical (unpaired) electrons. The van der Waals surface area contributed by atoms with Crippen LogP contribution in [0.5, 0.6) is 5.75 Å². The molecule has 0 fully saturated rings.